The van der Waals surface area contributed by atoms with Gasteiger partial charge in [-0.2, -0.15) is 0 Å². The highest BCUT2D eigenvalue weighted by molar-refractivity contribution is 5.92. The SMILES string of the molecule is CCn1c(-c2nonc2N)nc2c(-c3cccc(N)c3)nccc21. The standard InChI is InChI=1S/C16H15N7O/c1-2-23-11-6-7-19-12(9-4-3-5-10(17)8-9)13(11)20-16(23)14-15(18)22-24-21-14/h3-8H,2,17H2,1H3,(H2,18,22). The van der Waals surface area contributed by atoms with E-state index >= 15 is 0 Å². The van der Waals surface area contributed by atoms with Crippen LogP contribution >= 0.6 is 0 Å². The summed E-state index contributed by atoms with van der Waals surface area (Å²) in [4.78, 5) is 9.20. The number of anilines is 2. The van der Waals surface area contributed by atoms with Gasteiger partial charge in [0.2, 0.25) is 0 Å². The van der Waals surface area contributed by atoms with E-state index < -0.39 is 0 Å². The van der Waals surface area contributed by atoms with Gasteiger partial charge >= 0.3 is 0 Å². The zero-order valence-corrected chi connectivity index (χ0v) is 13.0. The van der Waals surface area contributed by atoms with Crippen LogP contribution in [0.3, 0.4) is 0 Å². The molecular formula is C16H15N7O. The molecule has 4 N–H and O–H groups in total. The number of hydrogen-bond donors (Lipinski definition) is 2. The predicted octanol–water partition coefficient (Wildman–Crippen LogP) is 2.33. The normalized spacial score (nSPS) is 11.2. The fourth-order valence-electron chi connectivity index (χ4n) is 2.80. The van der Waals surface area contributed by atoms with Crippen LogP contribution in [0.2, 0.25) is 0 Å². The average Bonchev–Trinajstić information content (AvgIpc) is 3.17. The molecule has 0 fully saturated rings. The largest absolute Gasteiger partial charge is 0.399 e. The first-order valence-electron chi connectivity index (χ1n) is 7.48. The molecule has 0 amide bonds. The van der Waals surface area contributed by atoms with E-state index in [1.165, 1.54) is 0 Å². The Morgan fingerprint density at radius 2 is 2.00 bits per heavy atom. The van der Waals surface area contributed by atoms with Crippen molar-refractivity contribution in [2.24, 2.45) is 0 Å². The fourth-order valence-corrected chi connectivity index (χ4v) is 2.80. The van der Waals surface area contributed by atoms with E-state index in [-0.39, 0.29) is 5.82 Å². The van der Waals surface area contributed by atoms with Gasteiger partial charge in [0.05, 0.1) is 11.2 Å². The van der Waals surface area contributed by atoms with Gasteiger partial charge in [-0.3, -0.25) is 4.98 Å². The van der Waals surface area contributed by atoms with Gasteiger partial charge in [-0.1, -0.05) is 12.1 Å². The van der Waals surface area contributed by atoms with Crippen LogP contribution in [-0.4, -0.2) is 24.8 Å². The van der Waals surface area contributed by atoms with E-state index in [4.69, 9.17) is 21.1 Å². The Hall–Kier alpha value is -3.42. The van der Waals surface area contributed by atoms with Crippen molar-refractivity contribution in [3.8, 4) is 22.8 Å². The van der Waals surface area contributed by atoms with Crippen molar-refractivity contribution in [3.05, 3.63) is 36.5 Å². The van der Waals surface area contributed by atoms with Crippen molar-refractivity contribution in [2.75, 3.05) is 11.5 Å². The Morgan fingerprint density at radius 3 is 2.71 bits per heavy atom. The number of fused-ring (bicyclic) bond motifs is 1. The van der Waals surface area contributed by atoms with E-state index in [1.54, 1.807) is 6.20 Å². The number of aromatic nitrogens is 5. The summed E-state index contributed by atoms with van der Waals surface area (Å²) in [6, 6.07) is 9.46. The maximum absolute atomic E-state index is 5.90. The maximum atomic E-state index is 5.90. The molecule has 0 aliphatic heterocycles. The molecule has 8 heteroatoms. The first-order chi connectivity index (χ1) is 11.7. The lowest BCUT2D eigenvalue weighted by Crippen LogP contribution is -1.99. The zero-order chi connectivity index (χ0) is 16.7. The molecule has 0 spiro atoms. The molecule has 0 saturated heterocycles. The molecule has 0 atom stereocenters. The second kappa shape index (κ2) is 5.34. The number of rotatable bonds is 3. The minimum atomic E-state index is 0.207. The number of benzene rings is 1. The molecule has 24 heavy (non-hydrogen) atoms. The molecule has 0 aliphatic rings. The predicted molar refractivity (Wildman–Crippen MR) is 90.8 cm³/mol. The van der Waals surface area contributed by atoms with Crippen LogP contribution in [0.1, 0.15) is 6.92 Å². The molecule has 8 nitrogen and oxygen atoms in total. The molecule has 4 rings (SSSR count). The van der Waals surface area contributed by atoms with Gasteiger partial charge in [0.25, 0.3) is 0 Å². The summed E-state index contributed by atoms with van der Waals surface area (Å²) in [5.74, 6) is 0.808. The van der Waals surface area contributed by atoms with E-state index in [9.17, 15) is 0 Å². The molecule has 3 heterocycles. The summed E-state index contributed by atoms with van der Waals surface area (Å²) in [5.41, 5.74) is 16.2. The van der Waals surface area contributed by atoms with E-state index in [0.29, 0.717) is 23.8 Å². The number of pyridine rings is 1. The summed E-state index contributed by atoms with van der Waals surface area (Å²) in [5, 5.41) is 7.51. The molecule has 4 aromatic rings. The highest BCUT2D eigenvalue weighted by Gasteiger charge is 2.20. The number of nitrogen functional groups attached to an aromatic ring is 2. The zero-order valence-electron chi connectivity index (χ0n) is 13.0. The first kappa shape index (κ1) is 14.2. The monoisotopic (exact) mass is 321 g/mol. The van der Waals surface area contributed by atoms with Crippen LogP contribution in [0.25, 0.3) is 33.8 Å². The smallest absolute Gasteiger partial charge is 0.199 e. The van der Waals surface area contributed by atoms with Crippen LogP contribution in [0, 0.1) is 0 Å². The van der Waals surface area contributed by atoms with Crippen molar-refractivity contribution in [1.82, 2.24) is 24.8 Å². The third kappa shape index (κ3) is 2.08. The van der Waals surface area contributed by atoms with Gasteiger partial charge in [-0.25, -0.2) is 9.61 Å². The number of nitrogens with two attached hydrogens (primary N) is 2. The lowest BCUT2D eigenvalue weighted by Gasteiger charge is -2.05. The molecular weight excluding hydrogens is 306 g/mol. The molecule has 3 aromatic heterocycles. The first-order valence-corrected chi connectivity index (χ1v) is 7.48. The Morgan fingerprint density at radius 1 is 1.12 bits per heavy atom. The Kier molecular flexibility index (Phi) is 3.16. The lowest BCUT2D eigenvalue weighted by atomic mass is 10.1. The molecule has 1 aromatic carbocycles. The molecule has 0 aliphatic carbocycles. The number of aryl methyl sites for hydroxylation is 1. The topological polar surface area (TPSA) is 122 Å². The van der Waals surface area contributed by atoms with Crippen molar-refractivity contribution in [2.45, 2.75) is 13.5 Å². The van der Waals surface area contributed by atoms with Gasteiger partial charge in [0.1, 0.15) is 5.52 Å². The summed E-state index contributed by atoms with van der Waals surface area (Å²) in [6.07, 6.45) is 1.75. The third-order valence-corrected chi connectivity index (χ3v) is 3.87. The molecule has 0 radical (unpaired) electrons. The van der Waals surface area contributed by atoms with Crippen LogP contribution in [0.4, 0.5) is 11.5 Å². The van der Waals surface area contributed by atoms with Gasteiger partial charge in [-0.05, 0) is 35.4 Å². The highest BCUT2D eigenvalue weighted by Crippen LogP contribution is 2.31. The lowest BCUT2D eigenvalue weighted by molar-refractivity contribution is 0.310. The van der Waals surface area contributed by atoms with Crippen molar-refractivity contribution >= 4 is 22.5 Å². The van der Waals surface area contributed by atoms with Gasteiger partial charge in [-0.15, -0.1) is 0 Å². The summed E-state index contributed by atoms with van der Waals surface area (Å²) < 4.78 is 6.72. The van der Waals surface area contributed by atoms with Crippen LogP contribution in [0.5, 0.6) is 0 Å². The van der Waals surface area contributed by atoms with Crippen LogP contribution in [-0.2, 0) is 6.54 Å². The fraction of sp³-hybridized carbons (Fsp3) is 0.125. The van der Waals surface area contributed by atoms with E-state index in [1.807, 2.05) is 41.8 Å². The summed E-state index contributed by atoms with van der Waals surface area (Å²) in [7, 11) is 0. The van der Waals surface area contributed by atoms with Gasteiger partial charge in [0, 0.05) is 24.0 Å². The third-order valence-electron chi connectivity index (χ3n) is 3.87. The van der Waals surface area contributed by atoms with Gasteiger partial charge < -0.3 is 16.0 Å². The minimum Gasteiger partial charge on any atom is -0.399 e. The summed E-state index contributed by atoms with van der Waals surface area (Å²) in [6.45, 7) is 2.72. The molecule has 0 unspecified atom stereocenters. The molecule has 120 valence electrons. The molecule has 0 saturated carbocycles. The Balaban J connectivity index is 2.02. The second-order valence-corrected chi connectivity index (χ2v) is 5.33. The molecule has 0 bridgehead atoms. The van der Waals surface area contributed by atoms with Crippen molar-refractivity contribution in [1.29, 1.82) is 0 Å². The average molecular weight is 321 g/mol. The van der Waals surface area contributed by atoms with E-state index in [0.717, 1.165) is 22.3 Å². The Bertz CT molecular complexity index is 1030. The van der Waals surface area contributed by atoms with Crippen molar-refractivity contribution in [3.63, 3.8) is 0 Å². The Labute approximate surface area is 137 Å². The second-order valence-electron chi connectivity index (χ2n) is 5.33. The minimum absolute atomic E-state index is 0.207. The highest BCUT2D eigenvalue weighted by atomic mass is 16.6. The maximum Gasteiger partial charge on any atom is 0.199 e. The van der Waals surface area contributed by atoms with Crippen LogP contribution in [0.15, 0.2) is 41.2 Å². The number of imidazole rings is 1. The van der Waals surface area contributed by atoms with Crippen molar-refractivity contribution < 1.29 is 4.63 Å². The quantitative estimate of drug-likeness (QED) is 0.555. The van der Waals surface area contributed by atoms with E-state index in [2.05, 4.69) is 15.3 Å². The van der Waals surface area contributed by atoms with Gasteiger partial charge in [0.15, 0.2) is 17.3 Å². The number of hydrogen-bond acceptors (Lipinski definition) is 7. The number of nitrogens with zero attached hydrogens (tertiary/aromatic N) is 5. The summed E-state index contributed by atoms with van der Waals surface area (Å²) >= 11 is 0. The van der Waals surface area contributed by atoms with Crippen LogP contribution < -0.4 is 11.5 Å².